The molecule has 1 saturated heterocycles. The Hall–Kier alpha value is -1.65. The van der Waals surface area contributed by atoms with Crippen molar-refractivity contribution in [3.63, 3.8) is 0 Å². The first-order valence-electron chi connectivity index (χ1n) is 5.57. The first kappa shape index (κ1) is 11.8. The molecule has 3 nitrogen and oxygen atoms in total. The first-order valence-corrected chi connectivity index (χ1v) is 5.57. The molecular weight excluding hydrogens is 228 g/mol. The highest BCUT2D eigenvalue weighted by molar-refractivity contribution is 5.88. The van der Waals surface area contributed by atoms with Gasteiger partial charge in [-0.15, -0.1) is 0 Å². The number of nitrogens with zero attached hydrogens (tertiary/aromatic N) is 1. The number of halogens is 2. The van der Waals surface area contributed by atoms with Crippen molar-refractivity contribution in [2.75, 3.05) is 18.0 Å². The Morgan fingerprint density at radius 1 is 1.12 bits per heavy atom. The summed E-state index contributed by atoms with van der Waals surface area (Å²) in [5.41, 5.74) is -0.463. The molecule has 1 aromatic rings. The van der Waals surface area contributed by atoms with Crippen LogP contribution in [0.15, 0.2) is 12.1 Å². The molecule has 1 aliphatic rings. The second-order valence-electron chi connectivity index (χ2n) is 4.14. The Morgan fingerprint density at radius 2 is 1.65 bits per heavy atom. The van der Waals surface area contributed by atoms with E-state index in [1.54, 1.807) is 4.90 Å². The zero-order valence-corrected chi connectivity index (χ0v) is 9.25. The van der Waals surface area contributed by atoms with Crippen LogP contribution in [-0.2, 0) is 0 Å². The third-order valence-corrected chi connectivity index (χ3v) is 2.94. The molecule has 0 saturated carbocycles. The molecule has 1 fully saturated rings. The van der Waals surface area contributed by atoms with E-state index >= 15 is 0 Å². The van der Waals surface area contributed by atoms with Gasteiger partial charge in [0.2, 0.25) is 0 Å². The van der Waals surface area contributed by atoms with Crippen LogP contribution in [0.25, 0.3) is 0 Å². The van der Waals surface area contributed by atoms with E-state index in [1.807, 2.05) is 0 Å². The maximum absolute atomic E-state index is 13.7. The van der Waals surface area contributed by atoms with Gasteiger partial charge in [0, 0.05) is 13.1 Å². The van der Waals surface area contributed by atoms with Crippen LogP contribution in [-0.4, -0.2) is 24.2 Å². The number of benzene rings is 1. The summed E-state index contributed by atoms with van der Waals surface area (Å²) in [6.45, 7) is 1.22. The van der Waals surface area contributed by atoms with Gasteiger partial charge in [-0.2, -0.15) is 0 Å². The van der Waals surface area contributed by atoms with Crippen molar-refractivity contribution in [3.05, 3.63) is 29.3 Å². The van der Waals surface area contributed by atoms with Crippen LogP contribution in [0.5, 0.6) is 0 Å². The molecule has 0 aromatic heterocycles. The lowest BCUT2D eigenvalue weighted by Gasteiger charge is -2.29. The summed E-state index contributed by atoms with van der Waals surface area (Å²) < 4.78 is 27.4. The highest BCUT2D eigenvalue weighted by Crippen LogP contribution is 2.27. The third kappa shape index (κ3) is 2.38. The molecule has 1 heterocycles. The number of carboxylic acids is 1. The number of rotatable bonds is 2. The van der Waals surface area contributed by atoms with Crippen molar-refractivity contribution >= 4 is 11.7 Å². The molecule has 0 bridgehead atoms. The standard InChI is InChI=1S/C12H13F2NO2/c13-9-6-8(12(16)17)7-10(14)11(9)15-4-2-1-3-5-15/h6-7H,1-5H2,(H,16,17). The molecule has 0 atom stereocenters. The number of carbonyl (C=O) groups is 1. The lowest BCUT2D eigenvalue weighted by atomic mass is 10.1. The summed E-state index contributed by atoms with van der Waals surface area (Å²) in [4.78, 5) is 12.3. The molecule has 2 rings (SSSR count). The molecule has 92 valence electrons. The van der Waals surface area contributed by atoms with Gasteiger partial charge >= 0.3 is 5.97 Å². The molecule has 0 radical (unpaired) electrons. The van der Waals surface area contributed by atoms with Crippen LogP contribution in [0.3, 0.4) is 0 Å². The van der Waals surface area contributed by atoms with Crippen molar-refractivity contribution in [1.82, 2.24) is 0 Å². The predicted molar refractivity (Wildman–Crippen MR) is 59.4 cm³/mol. The van der Waals surface area contributed by atoms with Crippen LogP contribution < -0.4 is 4.90 Å². The Balaban J connectivity index is 2.37. The summed E-state index contributed by atoms with van der Waals surface area (Å²) in [5.74, 6) is -2.93. The van der Waals surface area contributed by atoms with Crippen molar-refractivity contribution in [2.24, 2.45) is 0 Å². The quantitative estimate of drug-likeness (QED) is 0.865. The number of anilines is 1. The Kier molecular flexibility index (Phi) is 3.26. The second-order valence-corrected chi connectivity index (χ2v) is 4.14. The van der Waals surface area contributed by atoms with Crippen molar-refractivity contribution in [2.45, 2.75) is 19.3 Å². The van der Waals surface area contributed by atoms with E-state index in [1.165, 1.54) is 0 Å². The van der Waals surface area contributed by atoms with Crippen LogP contribution in [0.1, 0.15) is 29.6 Å². The van der Waals surface area contributed by atoms with Gasteiger partial charge < -0.3 is 10.0 Å². The number of carboxylic acid groups (broad SMARTS) is 1. The van der Waals surface area contributed by atoms with Gasteiger partial charge in [-0.25, -0.2) is 13.6 Å². The molecular formula is C12H13F2NO2. The fourth-order valence-corrected chi connectivity index (χ4v) is 2.11. The molecule has 1 aromatic carbocycles. The van der Waals surface area contributed by atoms with Crippen LogP contribution >= 0.6 is 0 Å². The monoisotopic (exact) mass is 241 g/mol. The molecule has 5 heteroatoms. The summed E-state index contributed by atoms with van der Waals surface area (Å²) in [6.07, 6.45) is 2.87. The molecule has 0 unspecified atom stereocenters. The smallest absolute Gasteiger partial charge is 0.335 e. The fourth-order valence-electron chi connectivity index (χ4n) is 2.11. The van der Waals surface area contributed by atoms with E-state index in [4.69, 9.17) is 5.11 Å². The van der Waals surface area contributed by atoms with Crippen molar-refractivity contribution < 1.29 is 18.7 Å². The van der Waals surface area contributed by atoms with E-state index in [0.29, 0.717) is 13.1 Å². The Labute approximate surface area is 97.7 Å². The third-order valence-electron chi connectivity index (χ3n) is 2.94. The average molecular weight is 241 g/mol. The van der Waals surface area contributed by atoms with Crippen LogP contribution in [0.4, 0.5) is 14.5 Å². The van der Waals surface area contributed by atoms with Gasteiger partial charge in [0.1, 0.15) is 17.3 Å². The Bertz CT molecular complexity index is 419. The lowest BCUT2D eigenvalue weighted by Crippen LogP contribution is -2.31. The van der Waals surface area contributed by atoms with E-state index in [9.17, 15) is 13.6 Å². The van der Waals surface area contributed by atoms with Gasteiger partial charge in [0.15, 0.2) is 0 Å². The fraction of sp³-hybridized carbons (Fsp3) is 0.417. The van der Waals surface area contributed by atoms with E-state index in [2.05, 4.69) is 0 Å². The summed E-state index contributed by atoms with van der Waals surface area (Å²) >= 11 is 0. The van der Waals surface area contributed by atoms with Gasteiger partial charge in [0.25, 0.3) is 0 Å². The molecule has 1 N–H and O–H groups in total. The summed E-state index contributed by atoms with van der Waals surface area (Å²) in [5, 5.41) is 8.69. The summed E-state index contributed by atoms with van der Waals surface area (Å²) in [7, 11) is 0. The second kappa shape index (κ2) is 4.69. The zero-order valence-electron chi connectivity index (χ0n) is 9.25. The minimum absolute atomic E-state index is 0.102. The highest BCUT2D eigenvalue weighted by Gasteiger charge is 2.21. The highest BCUT2D eigenvalue weighted by atomic mass is 19.1. The largest absolute Gasteiger partial charge is 0.478 e. The maximum atomic E-state index is 13.7. The van der Waals surface area contributed by atoms with Crippen molar-refractivity contribution in [1.29, 1.82) is 0 Å². The number of hydrogen-bond donors (Lipinski definition) is 1. The normalized spacial score (nSPS) is 16.0. The minimum atomic E-state index is -1.33. The predicted octanol–water partition coefficient (Wildman–Crippen LogP) is 2.65. The Morgan fingerprint density at radius 3 is 2.12 bits per heavy atom. The van der Waals surface area contributed by atoms with Crippen molar-refractivity contribution in [3.8, 4) is 0 Å². The maximum Gasteiger partial charge on any atom is 0.335 e. The number of aromatic carboxylic acids is 1. The van der Waals surface area contributed by atoms with Gasteiger partial charge in [-0.05, 0) is 31.4 Å². The van der Waals surface area contributed by atoms with Gasteiger partial charge in [-0.1, -0.05) is 0 Å². The zero-order chi connectivity index (χ0) is 12.4. The SMILES string of the molecule is O=C(O)c1cc(F)c(N2CCCCC2)c(F)c1. The topological polar surface area (TPSA) is 40.5 Å². The summed E-state index contributed by atoms with van der Waals surface area (Å²) in [6, 6.07) is 1.74. The molecule has 0 spiro atoms. The number of piperidine rings is 1. The van der Waals surface area contributed by atoms with Crippen LogP contribution in [0, 0.1) is 11.6 Å². The van der Waals surface area contributed by atoms with Crippen LogP contribution in [0.2, 0.25) is 0 Å². The molecule has 0 amide bonds. The van der Waals surface area contributed by atoms with E-state index < -0.39 is 17.6 Å². The molecule has 0 aliphatic carbocycles. The average Bonchev–Trinajstić information content (AvgIpc) is 2.29. The lowest BCUT2D eigenvalue weighted by molar-refractivity contribution is 0.0696. The minimum Gasteiger partial charge on any atom is -0.478 e. The van der Waals surface area contributed by atoms with E-state index in [-0.39, 0.29) is 11.3 Å². The first-order chi connectivity index (χ1) is 8.09. The number of hydrogen-bond acceptors (Lipinski definition) is 2. The van der Waals surface area contributed by atoms with E-state index in [0.717, 1.165) is 31.4 Å². The van der Waals surface area contributed by atoms with Gasteiger partial charge in [0.05, 0.1) is 5.56 Å². The molecule has 1 aliphatic heterocycles. The molecule has 17 heavy (non-hydrogen) atoms. The van der Waals surface area contributed by atoms with Gasteiger partial charge in [-0.3, -0.25) is 0 Å².